The number of Topliss-reactive ketones (excluding diaryl/α,β-unsaturated/α-hetero) is 1. The number of methoxy groups -OCH3 is 1. The normalized spacial score (nSPS) is 18.8. The zero-order valence-corrected chi connectivity index (χ0v) is 13.2. The molecule has 0 bridgehead atoms. The number of ether oxygens (including phenoxy) is 2. The lowest BCUT2D eigenvalue weighted by atomic mass is 10.0. The first-order chi connectivity index (χ1) is 10.1. The Balaban J connectivity index is 2.02. The Kier molecular flexibility index (Phi) is 5.76. The van der Waals surface area contributed by atoms with E-state index in [0.717, 1.165) is 49.6 Å². The highest BCUT2D eigenvalue weighted by atomic mass is 16.5. The first-order valence-electron chi connectivity index (χ1n) is 7.54. The number of carbonyl (C=O) groups excluding carboxylic acids is 1. The summed E-state index contributed by atoms with van der Waals surface area (Å²) in [5, 5.41) is 0. The summed E-state index contributed by atoms with van der Waals surface area (Å²) < 4.78 is 10.9. The van der Waals surface area contributed by atoms with Gasteiger partial charge in [0.2, 0.25) is 0 Å². The second kappa shape index (κ2) is 7.57. The summed E-state index contributed by atoms with van der Waals surface area (Å²) in [7, 11) is 3.77. The fourth-order valence-electron chi connectivity index (χ4n) is 2.87. The van der Waals surface area contributed by atoms with Crippen LogP contribution in [0.25, 0.3) is 0 Å². The third-order valence-electron chi connectivity index (χ3n) is 3.95. The molecule has 4 heteroatoms. The first kappa shape index (κ1) is 16.0. The van der Waals surface area contributed by atoms with Gasteiger partial charge in [-0.2, -0.15) is 0 Å². The van der Waals surface area contributed by atoms with Gasteiger partial charge in [0.05, 0.1) is 13.7 Å². The molecule has 1 aromatic carbocycles. The van der Waals surface area contributed by atoms with Gasteiger partial charge in [0.1, 0.15) is 5.75 Å². The summed E-state index contributed by atoms with van der Waals surface area (Å²) in [5.74, 6) is 1.53. The van der Waals surface area contributed by atoms with E-state index in [1.165, 1.54) is 6.42 Å². The number of benzene rings is 1. The van der Waals surface area contributed by atoms with Crippen LogP contribution >= 0.6 is 0 Å². The van der Waals surface area contributed by atoms with Crippen molar-refractivity contribution in [3.05, 3.63) is 29.3 Å². The SMILES string of the molecule is COc1ccc(C(C)=O)cc1CN(C)CC1CCCOC1. The largest absolute Gasteiger partial charge is 0.496 e. The predicted molar refractivity (Wildman–Crippen MR) is 82.9 cm³/mol. The monoisotopic (exact) mass is 291 g/mol. The van der Waals surface area contributed by atoms with Crippen molar-refractivity contribution in [1.82, 2.24) is 4.90 Å². The maximum Gasteiger partial charge on any atom is 0.159 e. The standard InChI is InChI=1S/C17H25NO3/c1-13(19)15-6-7-17(20-3)16(9-15)11-18(2)10-14-5-4-8-21-12-14/h6-7,9,14H,4-5,8,10-12H2,1-3H3. The van der Waals surface area contributed by atoms with Crippen LogP contribution < -0.4 is 4.74 Å². The number of ketones is 1. The lowest BCUT2D eigenvalue weighted by molar-refractivity contribution is 0.0411. The van der Waals surface area contributed by atoms with Gasteiger partial charge < -0.3 is 14.4 Å². The zero-order chi connectivity index (χ0) is 15.2. The topological polar surface area (TPSA) is 38.8 Å². The van der Waals surface area contributed by atoms with Crippen LogP contribution in [0.2, 0.25) is 0 Å². The van der Waals surface area contributed by atoms with E-state index < -0.39 is 0 Å². The van der Waals surface area contributed by atoms with Crippen LogP contribution in [0.1, 0.15) is 35.7 Å². The molecule has 1 saturated heterocycles. The van der Waals surface area contributed by atoms with Crippen molar-refractivity contribution in [2.45, 2.75) is 26.3 Å². The second-order valence-corrected chi connectivity index (χ2v) is 5.86. The maximum atomic E-state index is 11.5. The Labute approximate surface area is 127 Å². The highest BCUT2D eigenvalue weighted by Gasteiger charge is 2.17. The fraction of sp³-hybridized carbons (Fsp3) is 0.588. The molecule has 4 nitrogen and oxygen atoms in total. The summed E-state index contributed by atoms with van der Waals surface area (Å²) in [5.41, 5.74) is 1.80. The fourth-order valence-corrected chi connectivity index (χ4v) is 2.87. The Bertz CT molecular complexity index is 481. The van der Waals surface area contributed by atoms with E-state index in [2.05, 4.69) is 11.9 Å². The quantitative estimate of drug-likeness (QED) is 0.756. The van der Waals surface area contributed by atoms with E-state index in [0.29, 0.717) is 5.92 Å². The van der Waals surface area contributed by atoms with Gasteiger partial charge in [0, 0.05) is 30.8 Å². The van der Waals surface area contributed by atoms with Gasteiger partial charge in [-0.3, -0.25) is 4.79 Å². The smallest absolute Gasteiger partial charge is 0.159 e. The molecule has 0 N–H and O–H groups in total. The average Bonchev–Trinajstić information content (AvgIpc) is 2.48. The van der Waals surface area contributed by atoms with Gasteiger partial charge in [-0.15, -0.1) is 0 Å². The Hall–Kier alpha value is -1.39. The van der Waals surface area contributed by atoms with E-state index >= 15 is 0 Å². The molecule has 1 heterocycles. The van der Waals surface area contributed by atoms with E-state index in [1.54, 1.807) is 14.0 Å². The average molecular weight is 291 g/mol. The summed E-state index contributed by atoms with van der Waals surface area (Å²) in [6.45, 7) is 5.13. The Morgan fingerprint density at radius 1 is 1.48 bits per heavy atom. The van der Waals surface area contributed by atoms with E-state index in [-0.39, 0.29) is 5.78 Å². The molecule has 0 saturated carbocycles. The number of rotatable bonds is 6. The number of hydrogen-bond acceptors (Lipinski definition) is 4. The minimum absolute atomic E-state index is 0.0854. The zero-order valence-electron chi connectivity index (χ0n) is 13.2. The molecule has 1 unspecified atom stereocenters. The first-order valence-corrected chi connectivity index (χ1v) is 7.54. The lowest BCUT2D eigenvalue weighted by Gasteiger charge is -2.27. The molecule has 0 radical (unpaired) electrons. The van der Waals surface area contributed by atoms with E-state index in [9.17, 15) is 4.79 Å². The molecule has 1 aliphatic rings. The number of carbonyl (C=O) groups is 1. The molecule has 1 aliphatic heterocycles. The van der Waals surface area contributed by atoms with Gasteiger partial charge in [-0.25, -0.2) is 0 Å². The van der Waals surface area contributed by atoms with E-state index in [1.807, 2.05) is 18.2 Å². The molecule has 2 rings (SSSR count). The lowest BCUT2D eigenvalue weighted by Crippen LogP contribution is -2.30. The van der Waals surface area contributed by atoms with Crippen LogP contribution in [0.4, 0.5) is 0 Å². The van der Waals surface area contributed by atoms with Crippen molar-refractivity contribution in [2.24, 2.45) is 5.92 Å². The minimum Gasteiger partial charge on any atom is -0.496 e. The molecule has 1 aromatic rings. The van der Waals surface area contributed by atoms with Crippen LogP contribution in [0, 0.1) is 5.92 Å². The summed E-state index contributed by atoms with van der Waals surface area (Å²) in [6.07, 6.45) is 2.39. The van der Waals surface area contributed by atoms with Crippen molar-refractivity contribution < 1.29 is 14.3 Å². The van der Waals surface area contributed by atoms with Gasteiger partial charge in [0.15, 0.2) is 5.78 Å². The predicted octanol–water partition coefficient (Wildman–Crippen LogP) is 2.76. The molecule has 0 aliphatic carbocycles. The van der Waals surface area contributed by atoms with Gasteiger partial charge in [-0.05, 0) is 50.9 Å². The van der Waals surface area contributed by atoms with Crippen LogP contribution in [-0.4, -0.2) is 44.6 Å². The molecule has 1 atom stereocenters. The van der Waals surface area contributed by atoms with Gasteiger partial charge >= 0.3 is 0 Å². The molecular formula is C17H25NO3. The van der Waals surface area contributed by atoms with E-state index in [4.69, 9.17) is 9.47 Å². The summed E-state index contributed by atoms with van der Waals surface area (Å²) >= 11 is 0. The van der Waals surface area contributed by atoms with Crippen molar-refractivity contribution in [1.29, 1.82) is 0 Å². The maximum absolute atomic E-state index is 11.5. The number of nitrogens with zero attached hydrogens (tertiary/aromatic N) is 1. The van der Waals surface area contributed by atoms with Crippen LogP contribution in [-0.2, 0) is 11.3 Å². The molecule has 116 valence electrons. The van der Waals surface area contributed by atoms with Gasteiger partial charge in [-0.1, -0.05) is 0 Å². The molecule has 0 spiro atoms. The Morgan fingerprint density at radius 2 is 2.29 bits per heavy atom. The van der Waals surface area contributed by atoms with Crippen LogP contribution in [0.15, 0.2) is 18.2 Å². The Morgan fingerprint density at radius 3 is 2.90 bits per heavy atom. The van der Waals surface area contributed by atoms with Gasteiger partial charge in [0.25, 0.3) is 0 Å². The molecule has 1 fully saturated rings. The minimum atomic E-state index is 0.0854. The molecule has 21 heavy (non-hydrogen) atoms. The third-order valence-corrected chi connectivity index (χ3v) is 3.95. The molecular weight excluding hydrogens is 266 g/mol. The summed E-state index contributed by atoms with van der Waals surface area (Å²) in [6, 6.07) is 5.64. The van der Waals surface area contributed by atoms with Crippen LogP contribution in [0.3, 0.4) is 0 Å². The molecule has 0 amide bonds. The van der Waals surface area contributed by atoms with Crippen molar-refractivity contribution in [3.63, 3.8) is 0 Å². The third kappa shape index (κ3) is 4.55. The van der Waals surface area contributed by atoms with Crippen molar-refractivity contribution in [2.75, 3.05) is 33.9 Å². The highest BCUT2D eigenvalue weighted by Crippen LogP contribution is 2.23. The molecule has 0 aromatic heterocycles. The highest BCUT2D eigenvalue weighted by molar-refractivity contribution is 5.94. The summed E-state index contributed by atoms with van der Waals surface area (Å²) in [4.78, 5) is 13.8. The van der Waals surface area contributed by atoms with Crippen molar-refractivity contribution >= 4 is 5.78 Å². The number of hydrogen-bond donors (Lipinski definition) is 0. The van der Waals surface area contributed by atoms with Crippen molar-refractivity contribution in [3.8, 4) is 5.75 Å². The second-order valence-electron chi connectivity index (χ2n) is 5.86. The van der Waals surface area contributed by atoms with Crippen LogP contribution in [0.5, 0.6) is 5.75 Å².